The molecule has 0 bridgehead atoms. The second kappa shape index (κ2) is 7.09. The molecule has 0 aliphatic carbocycles. The third-order valence-electron chi connectivity index (χ3n) is 2.77. The molecule has 0 fully saturated rings. The molecule has 0 N–H and O–H groups in total. The van der Waals surface area contributed by atoms with Crippen LogP contribution in [-0.4, -0.2) is 5.97 Å². The number of carbonyl (C=O) groups excluding carboxylic acids is 1. The molecule has 0 atom stereocenters. The quantitative estimate of drug-likeness (QED) is 0.607. The summed E-state index contributed by atoms with van der Waals surface area (Å²) in [6.07, 6.45) is 0.213. The van der Waals surface area contributed by atoms with E-state index in [4.69, 9.17) is 21.1 Å². The van der Waals surface area contributed by atoms with E-state index in [9.17, 15) is 9.18 Å². The second-order valence-corrected chi connectivity index (χ2v) is 4.73. The minimum absolute atomic E-state index is 0.0562. The highest BCUT2D eigenvalue weighted by atomic mass is 35.5. The van der Waals surface area contributed by atoms with Crippen LogP contribution in [0.3, 0.4) is 0 Å². The Morgan fingerprint density at radius 2 is 2.00 bits per heavy atom. The minimum Gasteiger partial charge on any atom is -0.489 e. The average Bonchev–Trinajstić information content (AvgIpc) is 2.46. The fourth-order valence-corrected chi connectivity index (χ4v) is 1.86. The first kappa shape index (κ1) is 15.3. The third-order valence-corrected chi connectivity index (χ3v) is 3.00. The van der Waals surface area contributed by atoms with E-state index >= 15 is 0 Å². The lowest BCUT2D eigenvalue weighted by Crippen LogP contribution is -2.09. The van der Waals surface area contributed by atoms with E-state index in [0.29, 0.717) is 10.8 Å². The monoisotopic (exact) mass is 308 g/mol. The molecule has 0 heterocycles. The van der Waals surface area contributed by atoms with Gasteiger partial charge in [0.1, 0.15) is 23.9 Å². The van der Waals surface area contributed by atoms with E-state index < -0.39 is 11.8 Å². The van der Waals surface area contributed by atoms with Crippen LogP contribution in [0.15, 0.2) is 42.5 Å². The zero-order chi connectivity index (χ0) is 15.2. The molecule has 2 aromatic carbocycles. The molecule has 110 valence electrons. The minimum atomic E-state index is -0.488. The van der Waals surface area contributed by atoms with Crippen LogP contribution >= 0.6 is 11.6 Å². The van der Waals surface area contributed by atoms with Crippen molar-refractivity contribution in [1.29, 1.82) is 0 Å². The van der Waals surface area contributed by atoms with Crippen molar-refractivity contribution in [3.05, 3.63) is 58.9 Å². The summed E-state index contributed by atoms with van der Waals surface area (Å²) in [7, 11) is 0. The molecule has 3 nitrogen and oxygen atoms in total. The number of hydrogen-bond acceptors (Lipinski definition) is 3. The molecule has 0 saturated carbocycles. The molecule has 0 amide bonds. The lowest BCUT2D eigenvalue weighted by molar-refractivity contribution is -0.134. The number of rotatable bonds is 5. The normalized spacial score (nSPS) is 10.2. The van der Waals surface area contributed by atoms with Crippen molar-refractivity contribution in [2.75, 3.05) is 0 Å². The Kier molecular flexibility index (Phi) is 5.17. The molecular weight excluding hydrogens is 295 g/mol. The molecule has 0 unspecified atom stereocenters. The van der Waals surface area contributed by atoms with Gasteiger partial charge in [0.05, 0.1) is 5.56 Å². The topological polar surface area (TPSA) is 35.5 Å². The SMILES string of the molecule is CCC(=O)Oc1cccc(F)c1COc1cccc(Cl)c1. The Balaban J connectivity index is 2.16. The van der Waals surface area contributed by atoms with Gasteiger partial charge in [-0.25, -0.2) is 4.39 Å². The van der Waals surface area contributed by atoms with E-state index in [2.05, 4.69) is 0 Å². The van der Waals surface area contributed by atoms with Gasteiger partial charge in [0.15, 0.2) is 0 Å². The van der Waals surface area contributed by atoms with Crippen LogP contribution in [0.5, 0.6) is 11.5 Å². The Hall–Kier alpha value is -2.07. The number of benzene rings is 2. The zero-order valence-electron chi connectivity index (χ0n) is 11.4. The fourth-order valence-electron chi connectivity index (χ4n) is 1.68. The predicted molar refractivity (Wildman–Crippen MR) is 78.1 cm³/mol. The van der Waals surface area contributed by atoms with Crippen LogP contribution in [0.4, 0.5) is 4.39 Å². The van der Waals surface area contributed by atoms with Crippen LogP contribution in [0.2, 0.25) is 5.02 Å². The van der Waals surface area contributed by atoms with Crippen molar-refractivity contribution in [2.24, 2.45) is 0 Å². The van der Waals surface area contributed by atoms with Crippen molar-refractivity contribution in [3.8, 4) is 11.5 Å². The summed E-state index contributed by atoms with van der Waals surface area (Å²) >= 11 is 5.85. The number of halogens is 2. The van der Waals surface area contributed by atoms with Crippen molar-refractivity contribution < 1.29 is 18.7 Å². The summed E-state index contributed by atoms with van der Waals surface area (Å²) in [5.41, 5.74) is 0.194. The maximum Gasteiger partial charge on any atom is 0.310 e. The molecular formula is C16H14ClFO3. The Bertz CT molecular complexity index is 643. The van der Waals surface area contributed by atoms with E-state index in [-0.39, 0.29) is 24.3 Å². The summed E-state index contributed by atoms with van der Waals surface area (Å²) in [6.45, 7) is 1.61. The van der Waals surface area contributed by atoms with Crippen LogP contribution < -0.4 is 9.47 Å². The second-order valence-electron chi connectivity index (χ2n) is 4.29. The van der Waals surface area contributed by atoms with Gasteiger partial charge in [-0.3, -0.25) is 4.79 Å². The predicted octanol–water partition coefficient (Wildman–Crippen LogP) is 4.37. The molecule has 5 heteroatoms. The highest BCUT2D eigenvalue weighted by Crippen LogP contribution is 2.25. The van der Waals surface area contributed by atoms with Gasteiger partial charge in [-0.05, 0) is 30.3 Å². The third kappa shape index (κ3) is 4.20. The summed E-state index contributed by atoms with van der Waals surface area (Å²) in [5, 5.41) is 0.527. The molecule has 0 radical (unpaired) electrons. The van der Waals surface area contributed by atoms with Gasteiger partial charge in [0.25, 0.3) is 0 Å². The Morgan fingerprint density at radius 1 is 1.24 bits per heavy atom. The number of carbonyl (C=O) groups is 1. The summed E-state index contributed by atoms with van der Waals surface area (Å²) in [6, 6.07) is 11.1. The average molecular weight is 309 g/mol. The van der Waals surface area contributed by atoms with Crippen LogP contribution in [0.1, 0.15) is 18.9 Å². The van der Waals surface area contributed by atoms with Gasteiger partial charge < -0.3 is 9.47 Å². The Labute approximate surface area is 127 Å². The molecule has 21 heavy (non-hydrogen) atoms. The van der Waals surface area contributed by atoms with Gasteiger partial charge in [0, 0.05) is 11.4 Å². The van der Waals surface area contributed by atoms with E-state index in [1.807, 2.05) is 0 Å². The van der Waals surface area contributed by atoms with Crippen molar-refractivity contribution >= 4 is 17.6 Å². The first-order valence-electron chi connectivity index (χ1n) is 6.46. The molecule has 0 aliphatic heterocycles. The number of hydrogen-bond donors (Lipinski definition) is 0. The largest absolute Gasteiger partial charge is 0.489 e. The smallest absolute Gasteiger partial charge is 0.310 e. The van der Waals surface area contributed by atoms with Gasteiger partial charge in [-0.15, -0.1) is 0 Å². The van der Waals surface area contributed by atoms with Gasteiger partial charge >= 0.3 is 5.97 Å². The molecule has 0 aliphatic rings. The standard InChI is InChI=1S/C16H14ClFO3/c1-2-16(19)21-15-8-4-7-14(18)13(15)10-20-12-6-3-5-11(17)9-12/h3-9H,2,10H2,1H3. The van der Waals surface area contributed by atoms with Gasteiger partial charge in [0.2, 0.25) is 0 Å². The van der Waals surface area contributed by atoms with Gasteiger partial charge in [-0.2, -0.15) is 0 Å². The molecule has 0 spiro atoms. The van der Waals surface area contributed by atoms with Crippen LogP contribution in [0, 0.1) is 5.82 Å². The zero-order valence-corrected chi connectivity index (χ0v) is 12.2. The van der Waals surface area contributed by atoms with Crippen LogP contribution in [-0.2, 0) is 11.4 Å². The van der Waals surface area contributed by atoms with Crippen molar-refractivity contribution in [2.45, 2.75) is 20.0 Å². The molecule has 2 rings (SSSR count). The summed E-state index contributed by atoms with van der Waals surface area (Å²) in [5.74, 6) is -0.231. The van der Waals surface area contributed by atoms with Gasteiger partial charge in [-0.1, -0.05) is 30.7 Å². The fraction of sp³-hybridized carbons (Fsp3) is 0.188. The lowest BCUT2D eigenvalue weighted by Gasteiger charge is -2.12. The first-order valence-corrected chi connectivity index (χ1v) is 6.84. The van der Waals surface area contributed by atoms with Crippen molar-refractivity contribution in [1.82, 2.24) is 0 Å². The van der Waals surface area contributed by atoms with E-state index in [0.717, 1.165) is 0 Å². The summed E-state index contributed by atoms with van der Waals surface area (Å²) in [4.78, 5) is 11.4. The number of esters is 1. The number of ether oxygens (including phenoxy) is 2. The van der Waals surface area contributed by atoms with Crippen LogP contribution in [0.25, 0.3) is 0 Å². The highest BCUT2D eigenvalue weighted by molar-refractivity contribution is 6.30. The summed E-state index contributed by atoms with van der Waals surface area (Å²) < 4.78 is 24.5. The molecule has 2 aromatic rings. The maximum absolute atomic E-state index is 13.9. The molecule has 0 aromatic heterocycles. The van der Waals surface area contributed by atoms with E-state index in [1.54, 1.807) is 31.2 Å². The van der Waals surface area contributed by atoms with E-state index in [1.165, 1.54) is 18.2 Å². The van der Waals surface area contributed by atoms with Crippen molar-refractivity contribution in [3.63, 3.8) is 0 Å². The lowest BCUT2D eigenvalue weighted by atomic mass is 10.2. The first-order chi connectivity index (χ1) is 10.1. The highest BCUT2D eigenvalue weighted by Gasteiger charge is 2.13. The molecule has 0 saturated heterocycles. The Morgan fingerprint density at radius 3 is 2.71 bits per heavy atom. The maximum atomic E-state index is 13.9.